The highest BCUT2D eigenvalue weighted by Gasteiger charge is 2.15. The highest BCUT2D eigenvalue weighted by molar-refractivity contribution is 7.99. The SMILES string of the molecule is CCCSCCN1CCCC1=S. The maximum Gasteiger partial charge on any atom is 0.0780 e. The van der Waals surface area contributed by atoms with Crippen LogP contribution in [0.1, 0.15) is 26.2 Å². The second kappa shape index (κ2) is 5.81. The predicted molar refractivity (Wildman–Crippen MR) is 61.0 cm³/mol. The number of hydrogen-bond acceptors (Lipinski definition) is 2. The van der Waals surface area contributed by atoms with E-state index in [1.807, 2.05) is 11.8 Å². The molecule has 0 spiro atoms. The van der Waals surface area contributed by atoms with Crippen LogP contribution in [0.5, 0.6) is 0 Å². The zero-order chi connectivity index (χ0) is 8.81. The van der Waals surface area contributed by atoms with Crippen LogP contribution in [0.25, 0.3) is 0 Å². The Balaban J connectivity index is 2.02. The first-order chi connectivity index (χ1) is 5.84. The lowest BCUT2D eigenvalue weighted by Gasteiger charge is -2.16. The maximum atomic E-state index is 5.24. The Morgan fingerprint density at radius 2 is 2.33 bits per heavy atom. The Bertz CT molecular complexity index is 147. The van der Waals surface area contributed by atoms with Crippen LogP contribution in [-0.2, 0) is 0 Å². The highest BCUT2D eigenvalue weighted by atomic mass is 32.2. The molecule has 1 rings (SSSR count). The van der Waals surface area contributed by atoms with Crippen molar-refractivity contribution < 1.29 is 0 Å². The minimum absolute atomic E-state index is 1.15. The molecule has 0 aliphatic carbocycles. The quantitative estimate of drug-likeness (QED) is 0.499. The van der Waals surface area contributed by atoms with Crippen molar-refractivity contribution in [3.63, 3.8) is 0 Å². The summed E-state index contributed by atoms with van der Waals surface area (Å²) < 4.78 is 0. The molecule has 0 atom stereocenters. The molecule has 0 unspecified atom stereocenters. The van der Waals surface area contributed by atoms with Gasteiger partial charge in [-0.05, 0) is 25.0 Å². The van der Waals surface area contributed by atoms with E-state index >= 15 is 0 Å². The van der Waals surface area contributed by atoms with Crippen molar-refractivity contribution in [2.24, 2.45) is 0 Å². The summed E-state index contributed by atoms with van der Waals surface area (Å²) in [5.41, 5.74) is 0. The van der Waals surface area contributed by atoms with E-state index in [2.05, 4.69) is 11.8 Å². The molecular formula is C9H17NS2. The molecule has 0 aromatic heterocycles. The van der Waals surface area contributed by atoms with Crippen LogP contribution in [-0.4, -0.2) is 34.5 Å². The fourth-order valence-electron chi connectivity index (χ4n) is 1.36. The summed E-state index contributed by atoms with van der Waals surface area (Å²) in [6.45, 7) is 4.60. The monoisotopic (exact) mass is 203 g/mol. The average Bonchev–Trinajstić information content (AvgIpc) is 2.46. The third-order valence-corrected chi connectivity index (χ3v) is 3.66. The van der Waals surface area contributed by atoms with Crippen LogP contribution in [0, 0.1) is 0 Å². The van der Waals surface area contributed by atoms with Crippen LogP contribution in [0.4, 0.5) is 0 Å². The molecule has 1 aliphatic rings. The summed E-state index contributed by atoms with van der Waals surface area (Å²) in [5.74, 6) is 2.54. The normalized spacial score (nSPS) is 17.4. The van der Waals surface area contributed by atoms with Crippen LogP contribution < -0.4 is 0 Å². The van der Waals surface area contributed by atoms with Crippen molar-refractivity contribution in [3.05, 3.63) is 0 Å². The molecule has 0 bridgehead atoms. The van der Waals surface area contributed by atoms with Crippen molar-refractivity contribution in [2.45, 2.75) is 26.2 Å². The molecule has 0 N–H and O–H groups in total. The van der Waals surface area contributed by atoms with Gasteiger partial charge in [0.2, 0.25) is 0 Å². The molecule has 0 radical (unpaired) electrons. The smallest absolute Gasteiger partial charge is 0.0780 e. The summed E-state index contributed by atoms with van der Waals surface area (Å²) in [7, 11) is 0. The number of nitrogens with zero attached hydrogens (tertiary/aromatic N) is 1. The van der Waals surface area contributed by atoms with Crippen molar-refractivity contribution in [1.82, 2.24) is 4.90 Å². The summed E-state index contributed by atoms with van der Waals surface area (Å²) >= 11 is 7.28. The number of hydrogen-bond donors (Lipinski definition) is 0. The first kappa shape index (κ1) is 10.3. The summed E-state index contributed by atoms with van der Waals surface area (Å²) in [6, 6.07) is 0. The van der Waals surface area contributed by atoms with Gasteiger partial charge in [-0.2, -0.15) is 11.8 Å². The zero-order valence-electron chi connectivity index (χ0n) is 7.71. The van der Waals surface area contributed by atoms with Crippen molar-refractivity contribution in [3.8, 4) is 0 Å². The minimum Gasteiger partial charge on any atom is -0.365 e. The van der Waals surface area contributed by atoms with Gasteiger partial charge in [-0.15, -0.1) is 0 Å². The van der Waals surface area contributed by atoms with Crippen LogP contribution in [0.2, 0.25) is 0 Å². The topological polar surface area (TPSA) is 3.24 Å². The van der Waals surface area contributed by atoms with E-state index in [9.17, 15) is 0 Å². The third kappa shape index (κ3) is 3.31. The standard InChI is InChI=1S/C9H17NS2/c1-2-7-12-8-6-10-5-3-4-9(10)11/h2-8H2,1H3. The van der Waals surface area contributed by atoms with E-state index in [0.29, 0.717) is 0 Å². The molecule has 70 valence electrons. The number of likely N-dealkylation sites (tertiary alicyclic amines) is 1. The molecular weight excluding hydrogens is 186 g/mol. The van der Waals surface area contributed by atoms with Crippen molar-refractivity contribution in [2.75, 3.05) is 24.6 Å². The molecule has 1 aliphatic heterocycles. The maximum absolute atomic E-state index is 5.24. The molecule has 1 heterocycles. The van der Waals surface area contributed by atoms with Crippen molar-refractivity contribution in [1.29, 1.82) is 0 Å². The van der Waals surface area contributed by atoms with Crippen molar-refractivity contribution >= 4 is 29.0 Å². The van der Waals surface area contributed by atoms with Gasteiger partial charge in [-0.25, -0.2) is 0 Å². The predicted octanol–water partition coefficient (Wildman–Crippen LogP) is 2.55. The summed E-state index contributed by atoms with van der Waals surface area (Å²) in [5, 5.41) is 0. The Kier molecular flexibility index (Phi) is 5.00. The van der Waals surface area contributed by atoms with Gasteiger partial charge < -0.3 is 4.90 Å². The van der Waals surface area contributed by atoms with Crippen LogP contribution in [0.15, 0.2) is 0 Å². The average molecular weight is 203 g/mol. The molecule has 1 saturated heterocycles. The molecule has 0 amide bonds. The van der Waals surface area contributed by atoms with E-state index in [1.165, 1.54) is 42.4 Å². The molecule has 0 saturated carbocycles. The lowest BCUT2D eigenvalue weighted by molar-refractivity contribution is 0.489. The van der Waals surface area contributed by atoms with Gasteiger partial charge in [0.15, 0.2) is 0 Å². The second-order valence-electron chi connectivity index (χ2n) is 3.10. The van der Waals surface area contributed by atoms with Crippen LogP contribution in [0.3, 0.4) is 0 Å². The first-order valence-corrected chi connectivity index (χ1v) is 6.26. The zero-order valence-corrected chi connectivity index (χ0v) is 9.35. The fourth-order valence-corrected chi connectivity index (χ4v) is 2.53. The largest absolute Gasteiger partial charge is 0.365 e. The van der Waals surface area contributed by atoms with Crippen LogP contribution >= 0.6 is 24.0 Å². The molecule has 1 fully saturated rings. The van der Waals surface area contributed by atoms with Gasteiger partial charge in [-0.1, -0.05) is 19.1 Å². The van der Waals surface area contributed by atoms with E-state index in [4.69, 9.17) is 12.2 Å². The van der Waals surface area contributed by atoms with E-state index in [0.717, 1.165) is 6.42 Å². The molecule has 1 nitrogen and oxygen atoms in total. The Morgan fingerprint density at radius 3 is 2.92 bits per heavy atom. The van der Waals surface area contributed by atoms with E-state index < -0.39 is 0 Å². The third-order valence-electron chi connectivity index (χ3n) is 2.03. The van der Waals surface area contributed by atoms with Gasteiger partial charge in [0.1, 0.15) is 0 Å². The highest BCUT2D eigenvalue weighted by Crippen LogP contribution is 2.12. The number of thiocarbonyl (C=S) groups is 1. The Hall–Kier alpha value is 0.240. The van der Waals surface area contributed by atoms with Gasteiger partial charge in [0.05, 0.1) is 4.99 Å². The second-order valence-corrected chi connectivity index (χ2v) is 4.79. The van der Waals surface area contributed by atoms with E-state index in [1.54, 1.807) is 0 Å². The fraction of sp³-hybridized carbons (Fsp3) is 0.889. The molecule has 12 heavy (non-hydrogen) atoms. The number of thioether (sulfide) groups is 1. The van der Waals surface area contributed by atoms with Gasteiger partial charge in [0.25, 0.3) is 0 Å². The van der Waals surface area contributed by atoms with Gasteiger partial charge >= 0.3 is 0 Å². The minimum atomic E-state index is 1.15. The number of rotatable bonds is 5. The Morgan fingerprint density at radius 1 is 1.50 bits per heavy atom. The molecule has 0 aromatic rings. The van der Waals surface area contributed by atoms with Gasteiger partial charge in [-0.3, -0.25) is 0 Å². The molecule has 0 aromatic carbocycles. The lowest BCUT2D eigenvalue weighted by Crippen LogP contribution is -2.25. The van der Waals surface area contributed by atoms with Gasteiger partial charge in [0, 0.05) is 18.8 Å². The Labute approximate surface area is 84.9 Å². The summed E-state index contributed by atoms with van der Waals surface area (Å²) in [6.07, 6.45) is 3.71. The lowest BCUT2D eigenvalue weighted by atomic mass is 10.4. The van der Waals surface area contributed by atoms with E-state index in [-0.39, 0.29) is 0 Å². The first-order valence-electron chi connectivity index (χ1n) is 4.70. The summed E-state index contributed by atoms with van der Waals surface area (Å²) in [4.78, 5) is 3.55. The molecule has 3 heteroatoms.